The van der Waals surface area contributed by atoms with E-state index in [0.717, 1.165) is 28.6 Å². The summed E-state index contributed by atoms with van der Waals surface area (Å²) < 4.78 is 14.2. The van der Waals surface area contributed by atoms with Crippen LogP contribution in [0.3, 0.4) is 0 Å². The molecule has 1 aliphatic rings. The van der Waals surface area contributed by atoms with Crippen LogP contribution in [0.2, 0.25) is 0 Å². The Hall–Kier alpha value is -1.35. The van der Waals surface area contributed by atoms with Gasteiger partial charge in [0.25, 0.3) is 0 Å². The van der Waals surface area contributed by atoms with Crippen molar-refractivity contribution in [2.45, 2.75) is 18.9 Å². The molecule has 1 nitrogen and oxygen atoms in total. The van der Waals surface area contributed by atoms with Gasteiger partial charge in [-0.2, -0.15) is 0 Å². The number of benzene rings is 2. The number of fused-ring (bicyclic) bond motifs is 1. The predicted molar refractivity (Wildman–Crippen MR) is 75.2 cm³/mol. The summed E-state index contributed by atoms with van der Waals surface area (Å²) in [6.45, 7) is 0. The second-order valence-corrected chi connectivity index (χ2v) is 5.50. The Morgan fingerprint density at radius 1 is 1.11 bits per heavy atom. The minimum absolute atomic E-state index is 0.141. The molecule has 1 atom stereocenters. The molecular weight excluding hydrogens is 293 g/mol. The highest BCUT2D eigenvalue weighted by Crippen LogP contribution is 2.34. The van der Waals surface area contributed by atoms with Gasteiger partial charge in [-0.05, 0) is 60.4 Å². The number of hydrogen-bond donors (Lipinski definition) is 1. The van der Waals surface area contributed by atoms with Crippen molar-refractivity contribution in [2.75, 3.05) is 5.32 Å². The van der Waals surface area contributed by atoms with Gasteiger partial charge in [-0.25, -0.2) is 4.39 Å². The molecule has 0 heterocycles. The summed E-state index contributed by atoms with van der Waals surface area (Å²) in [5, 5.41) is 3.50. The fraction of sp³-hybridized carbons (Fsp3) is 0.200. The molecule has 0 saturated heterocycles. The maximum atomic E-state index is 13.1. The van der Waals surface area contributed by atoms with Gasteiger partial charge in [0.15, 0.2) is 0 Å². The SMILES string of the molecule is Fc1ccc2c(c1)CCC2Nc1ccc(Br)cc1. The van der Waals surface area contributed by atoms with Gasteiger partial charge in [-0.3, -0.25) is 0 Å². The second-order valence-electron chi connectivity index (χ2n) is 4.59. The summed E-state index contributed by atoms with van der Waals surface area (Å²) in [4.78, 5) is 0. The quantitative estimate of drug-likeness (QED) is 0.849. The first-order valence-electron chi connectivity index (χ1n) is 6.03. The van der Waals surface area contributed by atoms with E-state index in [-0.39, 0.29) is 5.82 Å². The highest BCUT2D eigenvalue weighted by molar-refractivity contribution is 9.10. The van der Waals surface area contributed by atoms with Gasteiger partial charge in [0.1, 0.15) is 5.82 Å². The van der Waals surface area contributed by atoms with Crippen molar-refractivity contribution in [1.29, 1.82) is 0 Å². The van der Waals surface area contributed by atoms with Crippen LogP contribution in [0.1, 0.15) is 23.6 Å². The van der Waals surface area contributed by atoms with Gasteiger partial charge < -0.3 is 5.32 Å². The van der Waals surface area contributed by atoms with Crippen molar-refractivity contribution < 1.29 is 4.39 Å². The van der Waals surface area contributed by atoms with Crippen molar-refractivity contribution in [3.05, 3.63) is 63.9 Å². The topological polar surface area (TPSA) is 12.0 Å². The fourth-order valence-electron chi connectivity index (χ4n) is 2.48. The van der Waals surface area contributed by atoms with Gasteiger partial charge in [0, 0.05) is 10.2 Å². The lowest BCUT2D eigenvalue weighted by atomic mass is 10.1. The zero-order chi connectivity index (χ0) is 12.5. The van der Waals surface area contributed by atoms with E-state index in [1.807, 2.05) is 30.3 Å². The van der Waals surface area contributed by atoms with Crippen molar-refractivity contribution in [3.63, 3.8) is 0 Å². The highest BCUT2D eigenvalue weighted by Gasteiger charge is 2.22. The molecule has 0 aromatic heterocycles. The first-order valence-corrected chi connectivity index (χ1v) is 6.82. The van der Waals surface area contributed by atoms with Crippen molar-refractivity contribution in [2.24, 2.45) is 0 Å². The number of aryl methyl sites for hydroxylation is 1. The Labute approximate surface area is 114 Å². The molecule has 0 aliphatic heterocycles. The Morgan fingerprint density at radius 3 is 2.67 bits per heavy atom. The van der Waals surface area contributed by atoms with Gasteiger partial charge >= 0.3 is 0 Å². The number of nitrogens with one attached hydrogen (secondary N) is 1. The molecule has 0 amide bonds. The van der Waals surface area contributed by atoms with Crippen LogP contribution in [-0.2, 0) is 6.42 Å². The lowest BCUT2D eigenvalue weighted by Crippen LogP contribution is -2.06. The van der Waals surface area contributed by atoms with Crippen molar-refractivity contribution in [3.8, 4) is 0 Å². The molecule has 0 spiro atoms. The van der Waals surface area contributed by atoms with E-state index in [0.29, 0.717) is 6.04 Å². The Balaban J connectivity index is 1.82. The normalized spacial score (nSPS) is 17.6. The number of halogens is 2. The van der Waals surface area contributed by atoms with E-state index in [1.165, 1.54) is 5.56 Å². The molecule has 1 aliphatic carbocycles. The van der Waals surface area contributed by atoms with E-state index in [9.17, 15) is 4.39 Å². The molecule has 0 radical (unpaired) electrons. The standard InChI is InChI=1S/C15H13BrFN/c16-11-2-5-13(6-3-11)18-15-8-1-10-9-12(17)4-7-14(10)15/h2-7,9,15,18H,1,8H2. The Kier molecular flexibility index (Phi) is 3.08. The summed E-state index contributed by atoms with van der Waals surface area (Å²) in [7, 11) is 0. The molecule has 92 valence electrons. The summed E-state index contributed by atoms with van der Waals surface area (Å²) in [5.74, 6) is -0.141. The van der Waals surface area contributed by atoms with E-state index in [2.05, 4.69) is 21.2 Å². The summed E-state index contributed by atoms with van der Waals surface area (Å²) in [5.41, 5.74) is 3.45. The third-order valence-corrected chi connectivity index (χ3v) is 3.90. The summed E-state index contributed by atoms with van der Waals surface area (Å²) in [6.07, 6.45) is 1.97. The molecule has 2 aromatic rings. The van der Waals surface area contributed by atoms with Crippen LogP contribution in [0.15, 0.2) is 46.9 Å². The van der Waals surface area contributed by atoms with Crippen LogP contribution in [-0.4, -0.2) is 0 Å². The first-order chi connectivity index (χ1) is 8.72. The van der Waals surface area contributed by atoms with Gasteiger partial charge in [0.05, 0.1) is 6.04 Å². The van der Waals surface area contributed by atoms with Crippen LogP contribution < -0.4 is 5.32 Å². The molecule has 2 aromatic carbocycles. The average Bonchev–Trinajstić information content (AvgIpc) is 2.74. The smallest absolute Gasteiger partial charge is 0.123 e. The molecule has 0 fully saturated rings. The largest absolute Gasteiger partial charge is 0.378 e. The maximum absolute atomic E-state index is 13.1. The fourth-order valence-corrected chi connectivity index (χ4v) is 2.75. The zero-order valence-electron chi connectivity index (χ0n) is 9.79. The molecule has 0 saturated carbocycles. The van der Waals surface area contributed by atoms with Crippen LogP contribution in [0.5, 0.6) is 0 Å². The highest BCUT2D eigenvalue weighted by atomic mass is 79.9. The lowest BCUT2D eigenvalue weighted by Gasteiger charge is -2.15. The Morgan fingerprint density at radius 2 is 1.89 bits per heavy atom. The Bertz CT molecular complexity index is 565. The van der Waals surface area contributed by atoms with E-state index < -0.39 is 0 Å². The van der Waals surface area contributed by atoms with E-state index in [1.54, 1.807) is 12.1 Å². The number of hydrogen-bond acceptors (Lipinski definition) is 1. The molecule has 18 heavy (non-hydrogen) atoms. The van der Waals surface area contributed by atoms with E-state index >= 15 is 0 Å². The minimum atomic E-state index is -0.141. The lowest BCUT2D eigenvalue weighted by molar-refractivity contribution is 0.626. The monoisotopic (exact) mass is 305 g/mol. The molecule has 3 rings (SSSR count). The zero-order valence-corrected chi connectivity index (χ0v) is 11.4. The molecular formula is C15H13BrFN. The van der Waals surface area contributed by atoms with Crippen LogP contribution in [0.25, 0.3) is 0 Å². The van der Waals surface area contributed by atoms with Crippen LogP contribution in [0.4, 0.5) is 10.1 Å². The van der Waals surface area contributed by atoms with E-state index in [4.69, 9.17) is 0 Å². The second kappa shape index (κ2) is 4.73. The van der Waals surface area contributed by atoms with Crippen molar-refractivity contribution >= 4 is 21.6 Å². The van der Waals surface area contributed by atoms with Gasteiger partial charge in [0.2, 0.25) is 0 Å². The molecule has 0 bridgehead atoms. The predicted octanol–water partition coefficient (Wildman–Crippen LogP) is 4.69. The van der Waals surface area contributed by atoms with Crippen molar-refractivity contribution in [1.82, 2.24) is 0 Å². The minimum Gasteiger partial charge on any atom is -0.378 e. The third kappa shape index (κ3) is 2.27. The van der Waals surface area contributed by atoms with Gasteiger partial charge in [-0.1, -0.05) is 22.0 Å². The van der Waals surface area contributed by atoms with Gasteiger partial charge in [-0.15, -0.1) is 0 Å². The number of rotatable bonds is 2. The first kappa shape index (κ1) is 11.7. The maximum Gasteiger partial charge on any atom is 0.123 e. The molecule has 3 heteroatoms. The van der Waals surface area contributed by atoms with Crippen LogP contribution >= 0.6 is 15.9 Å². The summed E-state index contributed by atoms with van der Waals surface area (Å²) in [6, 6.07) is 13.5. The number of anilines is 1. The average molecular weight is 306 g/mol. The third-order valence-electron chi connectivity index (χ3n) is 3.37. The molecule has 1 unspecified atom stereocenters. The summed E-state index contributed by atoms with van der Waals surface area (Å²) >= 11 is 3.42. The van der Waals surface area contributed by atoms with Crippen LogP contribution in [0, 0.1) is 5.82 Å². The molecule has 1 N–H and O–H groups in total.